The van der Waals surface area contributed by atoms with Crippen LogP contribution in [0.3, 0.4) is 0 Å². The van der Waals surface area contributed by atoms with E-state index in [1.165, 1.54) is 0 Å². The van der Waals surface area contributed by atoms with Gasteiger partial charge in [-0.3, -0.25) is 0 Å². The van der Waals surface area contributed by atoms with E-state index < -0.39 is 5.54 Å². The first-order valence-corrected chi connectivity index (χ1v) is 7.97. The summed E-state index contributed by atoms with van der Waals surface area (Å²) in [4.78, 5) is 12.3. The fourth-order valence-electron chi connectivity index (χ4n) is 3.00. The lowest BCUT2D eigenvalue weighted by molar-refractivity contribution is 0.510. The maximum Gasteiger partial charge on any atom is 0.153 e. The highest BCUT2D eigenvalue weighted by atomic mass is 35.5. The number of H-pyrrole nitrogens is 1. The van der Waals surface area contributed by atoms with E-state index in [0.29, 0.717) is 28.7 Å². The van der Waals surface area contributed by atoms with Crippen LogP contribution >= 0.6 is 11.6 Å². The second-order valence-electron chi connectivity index (χ2n) is 5.96. The van der Waals surface area contributed by atoms with Crippen molar-refractivity contribution in [3.05, 3.63) is 71.4 Å². The summed E-state index contributed by atoms with van der Waals surface area (Å²) in [6, 6.07) is 8.00. The molecule has 120 valence electrons. The summed E-state index contributed by atoms with van der Waals surface area (Å²) in [5.41, 5.74) is 14.9. The average Bonchev–Trinajstić information content (AvgIpc) is 2.99. The molecule has 1 atom stereocenters. The van der Waals surface area contributed by atoms with Gasteiger partial charge in [0.05, 0.1) is 10.7 Å². The van der Waals surface area contributed by atoms with Gasteiger partial charge in [-0.25, -0.2) is 9.97 Å². The van der Waals surface area contributed by atoms with Crippen molar-refractivity contribution in [3.63, 3.8) is 0 Å². The van der Waals surface area contributed by atoms with Crippen LogP contribution in [0.2, 0.25) is 5.02 Å². The SMILES string of the molecule is NC1=CC=CC(N)(c2ncc(Cl)c(-c3c[nH]c4ccccc34)n2)C1. The van der Waals surface area contributed by atoms with Gasteiger partial charge in [0.2, 0.25) is 0 Å². The number of nitrogens with zero attached hydrogens (tertiary/aromatic N) is 2. The highest BCUT2D eigenvalue weighted by Crippen LogP contribution is 2.34. The summed E-state index contributed by atoms with van der Waals surface area (Å²) in [6.45, 7) is 0. The van der Waals surface area contributed by atoms with Crippen molar-refractivity contribution in [2.45, 2.75) is 12.0 Å². The molecule has 0 aliphatic heterocycles. The lowest BCUT2D eigenvalue weighted by Gasteiger charge is -2.27. The Hall–Kier alpha value is -2.63. The fourth-order valence-corrected chi connectivity index (χ4v) is 3.19. The van der Waals surface area contributed by atoms with E-state index in [9.17, 15) is 0 Å². The summed E-state index contributed by atoms with van der Waals surface area (Å²) in [5.74, 6) is 0.500. The molecule has 6 heteroatoms. The third-order valence-corrected chi connectivity index (χ3v) is 4.48. The predicted molar refractivity (Wildman–Crippen MR) is 96.2 cm³/mol. The fraction of sp³-hybridized carbons (Fsp3) is 0.111. The van der Waals surface area contributed by atoms with E-state index in [-0.39, 0.29) is 0 Å². The normalized spacial score (nSPS) is 20.3. The molecule has 5 nitrogen and oxygen atoms in total. The molecule has 1 aliphatic carbocycles. The number of halogens is 1. The van der Waals surface area contributed by atoms with Crippen molar-refractivity contribution in [3.8, 4) is 11.3 Å². The van der Waals surface area contributed by atoms with Crippen LogP contribution in [-0.2, 0) is 5.54 Å². The Kier molecular flexibility index (Phi) is 3.40. The van der Waals surface area contributed by atoms with Crippen LogP contribution in [0.1, 0.15) is 12.2 Å². The van der Waals surface area contributed by atoms with Crippen molar-refractivity contribution in [1.29, 1.82) is 0 Å². The third-order valence-electron chi connectivity index (χ3n) is 4.21. The van der Waals surface area contributed by atoms with Crippen LogP contribution in [0.25, 0.3) is 22.2 Å². The number of rotatable bonds is 2. The maximum atomic E-state index is 6.47. The molecule has 1 aliphatic rings. The molecule has 0 amide bonds. The van der Waals surface area contributed by atoms with Crippen LogP contribution in [0, 0.1) is 0 Å². The topological polar surface area (TPSA) is 93.6 Å². The molecule has 0 saturated carbocycles. The molecule has 0 bridgehead atoms. The predicted octanol–water partition coefficient (Wildman–Crippen LogP) is 3.23. The second kappa shape index (κ2) is 5.47. The zero-order valence-electron chi connectivity index (χ0n) is 12.8. The molecule has 2 aromatic heterocycles. The monoisotopic (exact) mass is 337 g/mol. The lowest BCUT2D eigenvalue weighted by Crippen LogP contribution is -2.39. The van der Waals surface area contributed by atoms with Gasteiger partial charge in [0.1, 0.15) is 5.54 Å². The first-order chi connectivity index (χ1) is 11.6. The van der Waals surface area contributed by atoms with Crippen molar-refractivity contribution < 1.29 is 0 Å². The molecule has 4 rings (SSSR count). The van der Waals surface area contributed by atoms with Crippen LogP contribution in [0.4, 0.5) is 0 Å². The Morgan fingerprint density at radius 1 is 1.25 bits per heavy atom. The van der Waals surface area contributed by atoms with Crippen molar-refractivity contribution in [2.24, 2.45) is 11.5 Å². The molecule has 1 aromatic carbocycles. The number of aromatic amines is 1. The Balaban J connectivity index is 1.86. The highest BCUT2D eigenvalue weighted by Gasteiger charge is 2.31. The molecule has 0 spiro atoms. The molecular formula is C18H16ClN5. The first-order valence-electron chi connectivity index (χ1n) is 7.59. The van der Waals surface area contributed by atoms with Crippen LogP contribution in [0.5, 0.6) is 0 Å². The Morgan fingerprint density at radius 3 is 2.92 bits per heavy atom. The van der Waals surface area contributed by atoms with Gasteiger partial charge in [-0.05, 0) is 12.1 Å². The summed E-state index contributed by atoms with van der Waals surface area (Å²) in [6.07, 6.45) is 9.50. The van der Waals surface area contributed by atoms with Gasteiger partial charge in [-0.2, -0.15) is 0 Å². The van der Waals surface area contributed by atoms with Gasteiger partial charge >= 0.3 is 0 Å². The average molecular weight is 338 g/mol. The summed E-state index contributed by atoms with van der Waals surface area (Å²) < 4.78 is 0. The highest BCUT2D eigenvalue weighted by molar-refractivity contribution is 6.33. The van der Waals surface area contributed by atoms with E-state index >= 15 is 0 Å². The smallest absolute Gasteiger partial charge is 0.153 e. The summed E-state index contributed by atoms with van der Waals surface area (Å²) >= 11 is 6.37. The number of hydrogen-bond donors (Lipinski definition) is 3. The molecule has 2 heterocycles. The minimum absolute atomic E-state index is 0.471. The third kappa shape index (κ3) is 2.38. The molecule has 0 radical (unpaired) electrons. The number of aromatic nitrogens is 3. The van der Waals surface area contributed by atoms with E-state index in [2.05, 4.69) is 15.0 Å². The largest absolute Gasteiger partial charge is 0.402 e. The van der Waals surface area contributed by atoms with Crippen LogP contribution < -0.4 is 11.5 Å². The molecule has 24 heavy (non-hydrogen) atoms. The van der Waals surface area contributed by atoms with Gasteiger partial charge in [-0.15, -0.1) is 0 Å². The first kappa shape index (κ1) is 14.9. The minimum Gasteiger partial charge on any atom is -0.402 e. The molecular weight excluding hydrogens is 322 g/mol. The van der Waals surface area contributed by atoms with Gasteiger partial charge in [0, 0.05) is 41.0 Å². The van der Waals surface area contributed by atoms with Crippen molar-refractivity contribution >= 4 is 22.5 Å². The Labute approximate surface area is 144 Å². The van der Waals surface area contributed by atoms with Gasteiger partial charge in [0.15, 0.2) is 5.82 Å². The minimum atomic E-state index is -0.829. The van der Waals surface area contributed by atoms with Crippen LogP contribution in [-0.4, -0.2) is 15.0 Å². The van der Waals surface area contributed by atoms with E-state index in [1.54, 1.807) is 6.20 Å². The summed E-state index contributed by atoms with van der Waals surface area (Å²) in [7, 11) is 0. The Bertz CT molecular complexity index is 988. The zero-order valence-corrected chi connectivity index (χ0v) is 13.6. The van der Waals surface area contributed by atoms with E-state index in [0.717, 1.165) is 16.5 Å². The Morgan fingerprint density at radius 2 is 2.08 bits per heavy atom. The molecule has 0 fully saturated rings. The van der Waals surface area contributed by atoms with Crippen LogP contribution in [0.15, 0.2) is 60.6 Å². The number of nitrogens with two attached hydrogens (primary N) is 2. The number of allylic oxidation sites excluding steroid dienone is 2. The van der Waals surface area contributed by atoms with E-state index in [4.69, 9.17) is 23.1 Å². The standard InChI is InChI=1S/C18H16ClN5/c19-14-10-23-17(18(21)7-3-4-11(20)8-18)24-16(14)13-9-22-15-6-2-1-5-12(13)15/h1-7,9-10,22H,8,20-21H2. The van der Waals surface area contributed by atoms with Gasteiger partial charge in [-0.1, -0.05) is 42.0 Å². The number of nitrogens with one attached hydrogen (secondary N) is 1. The van der Waals surface area contributed by atoms with Gasteiger partial charge < -0.3 is 16.5 Å². The number of hydrogen-bond acceptors (Lipinski definition) is 4. The number of para-hydroxylation sites is 1. The quantitative estimate of drug-likeness (QED) is 0.669. The van der Waals surface area contributed by atoms with Crippen molar-refractivity contribution in [1.82, 2.24) is 15.0 Å². The molecule has 3 aromatic rings. The molecule has 0 saturated heterocycles. The molecule has 5 N–H and O–H groups in total. The number of benzene rings is 1. The maximum absolute atomic E-state index is 6.47. The number of fused-ring (bicyclic) bond motifs is 1. The zero-order chi connectivity index (χ0) is 16.7. The lowest BCUT2D eigenvalue weighted by atomic mass is 9.89. The van der Waals surface area contributed by atoms with E-state index in [1.807, 2.05) is 48.7 Å². The molecule has 1 unspecified atom stereocenters. The summed E-state index contributed by atoms with van der Waals surface area (Å²) in [5, 5.41) is 1.53. The van der Waals surface area contributed by atoms with Gasteiger partial charge in [0.25, 0.3) is 0 Å². The second-order valence-corrected chi connectivity index (χ2v) is 6.36. The van der Waals surface area contributed by atoms with Crippen molar-refractivity contribution in [2.75, 3.05) is 0 Å².